The first-order chi connectivity index (χ1) is 14.4. The van der Waals surface area contributed by atoms with E-state index in [1.165, 1.54) is 4.90 Å². The van der Waals surface area contributed by atoms with E-state index < -0.39 is 22.6 Å². The molecule has 6 atom stereocenters. The number of thioether (sulfide) groups is 1. The van der Waals surface area contributed by atoms with Crippen molar-refractivity contribution in [2.75, 3.05) is 59.6 Å². The molecule has 0 radical (unpaired) electrons. The van der Waals surface area contributed by atoms with Gasteiger partial charge in [0.15, 0.2) is 0 Å². The van der Waals surface area contributed by atoms with E-state index in [0.717, 1.165) is 19.6 Å². The van der Waals surface area contributed by atoms with Crippen LogP contribution in [0.15, 0.2) is 0 Å². The van der Waals surface area contributed by atoms with Crippen LogP contribution in [0.25, 0.3) is 0 Å². The second-order valence-electron chi connectivity index (χ2n) is 8.28. The summed E-state index contributed by atoms with van der Waals surface area (Å²) in [6.45, 7) is 4.18. The zero-order valence-electron chi connectivity index (χ0n) is 17.0. The average molecular weight is 505 g/mol. The number of likely N-dealkylation sites (tertiary alicyclic amines) is 1. The summed E-state index contributed by atoms with van der Waals surface area (Å²) in [6, 6.07) is -0.684. The van der Waals surface area contributed by atoms with Crippen LogP contribution in [0.2, 0.25) is 0 Å². The molecule has 3 amide bonds. The molecule has 4 rings (SSSR count). The molecule has 4 heterocycles. The van der Waals surface area contributed by atoms with Gasteiger partial charge in [0.2, 0.25) is 17.7 Å². The van der Waals surface area contributed by atoms with Crippen LogP contribution in [0.5, 0.6) is 0 Å². The van der Waals surface area contributed by atoms with Gasteiger partial charge in [-0.25, -0.2) is 0 Å². The Bertz CT molecular complexity index is 708. The minimum absolute atomic E-state index is 0.0428. The molecule has 168 valence electrons. The van der Waals surface area contributed by atoms with Gasteiger partial charge in [0, 0.05) is 49.8 Å². The van der Waals surface area contributed by atoms with Gasteiger partial charge < -0.3 is 25.4 Å². The van der Waals surface area contributed by atoms with Crippen LogP contribution >= 0.6 is 27.7 Å². The summed E-state index contributed by atoms with van der Waals surface area (Å²) in [5.74, 6) is -1.56. The molecule has 11 heteroatoms. The predicted octanol–water partition coefficient (Wildman–Crippen LogP) is -1.36. The number of halogens is 1. The first-order valence-corrected chi connectivity index (χ1v) is 12.3. The molecule has 1 spiro atoms. The van der Waals surface area contributed by atoms with E-state index in [0.29, 0.717) is 26.2 Å². The molecule has 9 nitrogen and oxygen atoms in total. The van der Waals surface area contributed by atoms with E-state index in [4.69, 9.17) is 4.74 Å². The Labute approximate surface area is 188 Å². The molecular formula is C19H29BrN4O5S. The maximum atomic E-state index is 13.3. The van der Waals surface area contributed by atoms with Gasteiger partial charge in [-0.05, 0) is 6.42 Å². The highest BCUT2D eigenvalue weighted by atomic mass is 79.9. The lowest BCUT2D eigenvalue weighted by Gasteiger charge is -2.35. The number of hydrogen-bond donors (Lipinski definition) is 3. The number of fused-ring (bicyclic) bond motifs is 1. The highest BCUT2D eigenvalue weighted by Gasteiger charge is 2.75. The Kier molecular flexibility index (Phi) is 6.64. The topological polar surface area (TPSA) is 111 Å². The lowest BCUT2D eigenvalue weighted by atomic mass is 9.70. The van der Waals surface area contributed by atoms with Gasteiger partial charge >= 0.3 is 0 Å². The van der Waals surface area contributed by atoms with Crippen LogP contribution in [0, 0.1) is 11.8 Å². The molecular weight excluding hydrogens is 476 g/mol. The highest BCUT2D eigenvalue weighted by Crippen LogP contribution is 2.67. The van der Waals surface area contributed by atoms with Crippen LogP contribution in [0.3, 0.4) is 0 Å². The molecule has 2 bridgehead atoms. The number of rotatable bonds is 7. The second-order valence-corrected chi connectivity index (χ2v) is 11.0. The highest BCUT2D eigenvalue weighted by molar-refractivity contribution is 9.09. The van der Waals surface area contributed by atoms with Crippen molar-refractivity contribution in [3.63, 3.8) is 0 Å². The molecule has 0 aromatic carbocycles. The van der Waals surface area contributed by atoms with Crippen molar-refractivity contribution in [2.45, 2.75) is 27.3 Å². The van der Waals surface area contributed by atoms with Crippen molar-refractivity contribution >= 4 is 45.4 Å². The molecule has 0 aromatic rings. The minimum Gasteiger partial charge on any atom is -0.395 e. The van der Waals surface area contributed by atoms with Crippen molar-refractivity contribution in [2.24, 2.45) is 11.8 Å². The monoisotopic (exact) mass is 504 g/mol. The van der Waals surface area contributed by atoms with E-state index in [-0.39, 0.29) is 41.0 Å². The minimum atomic E-state index is -0.684. The number of aliphatic hydroxyl groups is 1. The van der Waals surface area contributed by atoms with E-state index in [1.807, 2.05) is 0 Å². The smallest absolute Gasteiger partial charge is 0.244 e. The van der Waals surface area contributed by atoms with Gasteiger partial charge in [0.05, 0.1) is 36.4 Å². The summed E-state index contributed by atoms with van der Waals surface area (Å²) in [4.78, 5) is 43.1. The number of morpholine rings is 1. The number of nitrogens with zero attached hydrogens (tertiary/aromatic N) is 2. The Morgan fingerprint density at radius 2 is 2.03 bits per heavy atom. The summed E-state index contributed by atoms with van der Waals surface area (Å²) in [7, 11) is 1.58. The molecule has 4 saturated heterocycles. The first-order valence-electron chi connectivity index (χ1n) is 10.5. The molecule has 3 N–H and O–H groups in total. The number of ether oxygens (including phenoxy) is 1. The normalized spacial score (nSPS) is 38.0. The largest absolute Gasteiger partial charge is 0.395 e. The third-order valence-electron chi connectivity index (χ3n) is 6.76. The summed E-state index contributed by atoms with van der Waals surface area (Å²) < 4.78 is 4.71. The van der Waals surface area contributed by atoms with Gasteiger partial charge in [-0.15, -0.1) is 11.8 Å². The van der Waals surface area contributed by atoms with Crippen molar-refractivity contribution in [1.82, 2.24) is 20.4 Å². The predicted molar refractivity (Wildman–Crippen MR) is 115 cm³/mol. The van der Waals surface area contributed by atoms with Crippen LogP contribution < -0.4 is 10.6 Å². The van der Waals surface area contributed by atoms with Gasteiger partial charge in [-0.1, -0.05) is 15.9 Å². The number of nitrogens with one attached hydrogen (secondary N) is 2. The standard InChI is InChI=1S/C19H29BrN4O5S/c1-21-16(26)12-13-18(28)24(4-7-25)15(19(13)10-11(20)14(12)30-19)17(27)22-2-3-23-5-8-29-9-6-23/h11-15,25H,2-10H2,1H3,(H,21,26)(H,22,27)/t11?,12-,13-,14-,15?,19?/m0/s1. The first kappa shape index (κ1) is 22.3. The summed E-state index contributed by atoms with van der Waals surface area (Å²) in [6.07, 6.45) is 0.649. The fraction of sp³-hybridized carbons (Fsp3) is 0.842. The number of hydrogen-bond acceptors (Lipinski definition) is 7. The van der Waals surface area contributed by atoms with E-state index >= 15 is 0 Å². The maximum absolute atomic E-state index is 13.3. The molecule has 4 aliphatic heterocycles. The zero-order valence-corrected chi connectivity index (χ0v) is 19.4. The Morgan fingerprint density at radius 3 is 2.70 bits per heavy atom. The number of alkyl halides is 1. The molecule has 0 aromatic heterocycles. The molecule has 0 aliphatic carbocycles. The van der Waals surface area contributed by atoms with Crippen molar-refractivity contribution in [1.29, 1.82) is 0 Å². The van der Waals surface area contributed by atoms with Crippen LogP contribution in [0.4, 0.5) is 0 Å². The van der Waals surface area contributed by atoms with E-state index in [9.17, 15) is 19.5 Å². The average Bonchev–Trinajstić information content (AvgIpc) is 3.32. The van der Waals surface area contributed by atoms with Crippen molar-refractivity contribution < 1.29 is 24.2 Å². The molecule has 30 heavy (non-hydrogen) atoms. The van der Waals surface area contributed by atoms with Crippen LogP contribution in [0.1, 0.15) is 6.42 Å². The van der Waals surface area contributed by atoms with Gasteiger partial charge in [0.1, 0.15) is 6.04 Å². The van der Waals surface area contributed by atoms with Gasteiger partial charge in [-0.2, -0.15) is 0 Å². The molecule has 3 unspecified atom stereocenters. The Morgan fingerprint density at radius 1 is 1.30 bits per heavy atom. The summed E-state index contributed by atoms with van der Waals surface area (Å²) in [5.41, 5.74) is 0. The lowest BCUT2D eigenvalue weighted by Crippen LogP contribution is -2.55. The number of β-amino-alcohol motifs (C(OH)–C–C–N with tert-alkyl or cyclic N) is 1. The fourth-order valence-electron chi connectivity index (χ4n) is 5.50. The van der Waals surface area contributed by atoms with Crippen LogP contribution in [-0.4, -0.2) is 113 Å². The Hall–Kier alpha value is -0.880. The lowest BCUT2D eigenvalue weighted by molar-refractivity contribution is -0.140. The van der Waals surface area contributed by atoms with Crippen molar-refractivity contribution in [3.8, 4) is 0 Å². The third-order valence-corrected chi connectivity index (χ3v) is 9.98. The zero-order chi connectivity index (χ0) is 21.5. The quantitative estimate of drug-likeness (QED) is 0.367. The summed E-state index contributed by atoms with van der Waals surface area (Å²) in [5, 5.41) is 15.2. The Balaban J connectivity index is 1.53. The van der Waals surface area contributed by atoms with Crippen LogP contribution in [-0.2, 0) is 19.1 Å². The summed E-state index contributed by atoms with van der Waals surface area (Å²) >= 11 is 5.30. The molecule has 4 fully saturated rings. The maximum Gasteiger partial charge on any atom is 0.244 e. The SMILES string of the molecule is CNC(=O)[C@H]1[C@H]2C(=O)N(CCO)C(C(=O)NCCN3CCOCC3)C23CC(Br)[C@@H]1S3. The van der Waals surface area contributed by atoms with Gasteiger partial charge in [0.25, 0.3) is 0 Å². The number of aliphatic hydroxyl groups excluding tert-OH is 1. The third kappa shape index (κ3) is 3.56. The van der Waals surface area contributed by atoms with Gasteiger partial charge in [-0.3, -0.25) is 19.3 Å². The molecule has 4 aliphatic rings. The molecule has 0 saturated carbocycles. The number of carbonyl (C=O) groups is 3. The number of amides is 3. The van der Waals surface area contributed by atoms with E-state index in [2.05, 4.69) is 31.5 Å². The fourth-order valence-corrected chi connectivity index (χ4v) is 9.12. The number of carbonyl (C=O) groups excluding carboxylic acids is 3. The van der Waals surface area contributed by atoms with E-state index in [1.54, 1.807) is 18.8 Å². The second kappa shape index (κ2) is 8.93. The van der Waals surface area contributed by atoms with Crippen molar-refractivity contribution in [3.05, 3.63) is 0 Å².